The summed E-state index contributed by atoms with van der Waals surface area (Å²) in [7, 11) is 1.52. The van der Waals surface area contributed by atoms with Crippen LogP contribution in [-0.2, 0) is 6.18 Å². The van der Waals surface area contributed by atoms with Gasteiger partial charge in [0.2, 0.25) is 0 Å². The quantitative estimate of drug-likeness (QED) is 0.322. The third-order valence-corrected chi connectivity index (χ3v) is 5.33. The van der Waals surface area contributed by atoms with Gasteiger partial charge in [0, 0.05) is 30.2 Å². The molecule has 2 heterocycles. The third-order valence-electron chi connectivity index (χ3n) is 5.00. The summed E-state index contributed by atoms with van der Waals surface area (Å²) in [5, 5.41) is 7.03. The molecule has 35 heavy (non-hydrogen) atoms. The van der Waals surface area contributed by atoms with Crippen molar-refractivity contribution >= 4 is 45.9 Å². The predicted octanol–water partition coefficient (Wildman–Crippen LogP) is 5.97. The fraction of sp³-hybridized carbons (Fsp3) is 0.0833. The second-order valence-electron chi connectivity index (χ2n) is 7.35. The van der Waals surface area contributed by atoms with E-state index in [1.54, 1.807) is 48.7 Å². The Kier molecular flexibility index (Phi) is 6.57. The molecule has 7 nitrogen and oxygen atoms in total. The van der Waals surface area contributed by atoms with Gasteiger partial charge in [0.25, 0.3) is 5.91 Å². The van der Waals surface area contributed by atoms with Gasteiger partial charge in [-0.15, -0.1) is 0 Å². The van der Waals surface area contributed by atoms with Crippen LogP contribution < -0.4 is 16.0 Å². The molecular formula is C24H17ClF3N5O2. The first-order chi connectivity index (χ1) is 16.7. The number of anilines is 2. The van der Waals surface area contributed by atoms with Gasteiger partial charge in [-0.05, 0) is 48.5 Å². The van der Waals surface area contributed by atoms with Crippen molar-refractivity contribution in [1.29, 1.82) is 0 Å². The second-order valence-corrected chi connectivity index (χ2v) is 7.76. The van der Waals surface area contributed by atoms with Crippen LogP contribution in [0.1, 0.15) is 15.9 Å². The summed E-state index contributed by atoms with van der Waals surface area (Å²) < 4.78 is 39.1. The van der Waals surface area contributed by atoms with Gasteiger partial charge in [-0.25, -0.2) is 9.78 Å². The lowest BCUT2D eigenvalue weighted by Gasteiger charge is -2.12. The van der Waals surface area contributed by atoms with Crippen LogP contribution in [0, 0.1) is 0 Å². The van der Waals surface area contributed by atoms with Crippen LogP contribution in [0.2, 0.25) is 5.02 Å². The molecule has 3 amide bonds. The number of urea groups is 1. The molecule has 4 rings (SSSR count). The fourth-order valence-corrected chi connectivity index (χ4v) is 3.58. The van der Waals surface area contributed by atoms with Crippen LogP contribution in [0.5, 0.6) is 0 Å². The fourth-order valence-electron chi connectivity index (χ4n) is 3.36. The Balaban J connectivity index is 1.53. The van der Waals surface area contributed by atoms with E-state index in [-0.39, 0.29) is 11.6 Å². The topological polar surface area (TPSA) is 96.0 Å². The van der Waals surface area contributed by atoms with Crippen molar-refractivity contribution < 1.29 is 22.8 Å². The molecule has 0 aliphatic heterocycles. The minimum Gasteiger partial charge on any atom is -0.355 e. The van der Waals surface area contributed by atoms with E-state index in [1.807, 2.05) is 0 Å². The molecular weight excluding hydrogens is 483 g/mol. The number of halogens is 4. The minimum atomic E-state index is -4.65. The van der Waals surface area contributed by atoms with Gasteiger partial charge in [0.05, 0.1) is 27.4 Å². The molecule has 178 valence electrons. The highest BCUT2D eigenvalue weighted by Crippen LogP contribution is 2.36. The third kappa shape index (κ3) is 5.33. The SMILES string of the molecule is CNC(=O)c1cc(-c2ccc(NC(=O)Nc3ccc(Cl)c(C(F)(F)F)c3)cc2)nc2cccnc12. The standard InChI is InChI=1S/C24H17ClF3N5O2/c1-29-22(34)16-12-20(33-19-3-2-10-30-21(16)19)13-4-6-14(7-5-13)31-23(35)32-15-8-9-18(25)17(11-15)24(26,27)28/h2-12H,1H3,(H,29,34)(H2,31,32,35). The van der Waals surface area contributed by atoms with E-state index in [0.717, 1.165) is 12.1 Å². The maximum atomic E-state index is 13.0. The Morgan fingerprint density at radius 2 is 1.63 bits per heavy atom. The average molecular weight is 500 g/mol. The van der Waals surface area contributed by atoms with E-state index < -0.39 is 22.8 Å². The number of nitrogens with one attached hydrogen (secondary N) is 3. The van der Waals surface area contributed by atoms with Gasteiger partial charge in [0.15, 0.2) is 0 Å². The minimum absolute atomic E-state index is 0.0634. The zero-order chi connectivity index (χ0) is 25.2. The predicted molar refractivity (Wildman–Crippen MR) is 127 cm³/mol. The first-order valence-corrected chi connectivity index (χ1v) is 10.6. The normalized spacial score (nSPS) is 11.2. The number of alkyl halides is 3. The second kappa shape index (κ2) is 9.59. The van der Waals surface area contributed by atoms with E-state index >= 15 is 0 Å². The Bertz CT molecular complexity index is 1430. The Hall–Kier alpha value is -4.18. The van der Waals surface area contributed by atoms with Gasteiger partial charge in [-0.1, -0.05) is 23.7 Å². The highest BCUT2D eigenvalue weighted by molar-refractivity contribution is 6.31. The summed E-state index contributed by atoms with van der Waals surface area (Å²) >= 11 is 5.60. The number of hydrogen-bond donors (Lipinski definition) is 3. The summed E-state index contributed by atoms with van der Waals surface area (Å²) in [4.78, 5) is 33.4. The lowest BCUT2D eigenvalue weighted by atomic mass is 10.1. The molecule has 0 spiro atoms. The van der Waals surface area contributed by atoms with Crippen molar-refractivity contribution in [3.8, 4) is 11.3 Å². The zero-order valence-electron chi connectivity index (χ0n) is 18.1. The van der Waals surface area contributed by atoms with Gasteiger partial charge in [-0.2, -0.15) is 13.2 Å². The number of carbonyl (C=O) groups excluding carboxylic acids is 2. The first-order valence-electron chi connectivity index (χ1n) is 10.2. The van der Waals surface area contributed by atoms with Crippen LogP contribution in [-0.4, -0.2) is 29.0 Å². The number of hydrogen-bond acceptors (Lipinski definition) is 4. The highest BCUT2D eigenvalue weighted by Gasteiger charge is 2.33. The van der Waals surface area contributed by atoms with Crippen molar-refractivity contribution in [3.05, 3.63) is 83.0 Å². The molecule has 11 heteroatoms. The van der Waals surface area contributed by atoms with Gasteiger partial charge < -0.3 is 16.0 Å². The van der Waals surface area contributed by atoms with Crippen LogP contribution in [0.25, 0.3) is 22.3 Å². The number of fused-ring (bicyclic) bond motifs is 1. The number of carbonyl (C=O) groups is 2. The number of benzene rings is 2. The first kappa shape index (κ1) is 24.0. The van der Waals surface area contributed by atoms with Crippen LogP contribution >= 0.6 is 11.6 Å². The Morgan fingerprint density at radius 3 is 2.31 bits per heavy atom. The smallest absolute Gasteiger partial charge is 0.355 e. The molecule has 0 saturated carbocycles. The summed E-state index contributed by atoms with van der Waals surface area (Å²) in [6, 6.07) is 14.0. The van der Waals surface area contributed by atoms with E-state index in [4.69, 9.17) is 11.6 Å². The van der Waals surface area contributed by atoms with E-state index in [2.05, 4.69) is 25.9 Å². The van der Waals surface area contributed by atoms with Crippen molar-refractivity contribution in [2.75, 3.05) is 17.7 Å². The number of pyridine rings is 2. The van der Waals surface area contributed by atoms with Crippen molar-refractivity contribution in [2.24, 2.45) is 0 Å². The number of aromatic nitrogens is 2. The van der Waals surface area contributed by atoms with Crippen LogP contribution in [0.4, 0.5) is 29.3 Å². The molecule has 0 aliphatic carbocycles. The number of rotatable bonds is 4. The van der Waals surface area contributed by atoms with E-state index in [1.165, 1.54) is 13.1 Å². The zero-order valence-corrected chi connectivity index (χ0v) is 18.8. The van der Waals surface area contributed by atoms with Gasteiger partial charge in [0.1, 0.15) is 5.52 Å². The molecule has 0 radical (unpaired) electrons. The monoisotopic (exact) mass is 499 g/mol. The molecule has 0 aliphatic rings. The molecule has 4 aromatic rings. The number of amides is 3. The molecule has 2 aromatic heterocycles. The summed E-state index contributed by atoms with van der Waals surface area (Å²) in [5.74, 6) is -0.303. The molecule has 0 fully saturated rings. The van der Waals surface area contributed by atoms with E-state index in [9.17, 15) is 22.8 Å². The van der Waals surface area contributed by atoms with Crippen LogP contribution in [0.3, 0.4) is 0 Å². The Morgan fingerprint density at radius 1 is 0.943 bits per heavy atom. The molecule has 2 aromatic carbocycles. The maximum Gasteiger partial charge on any atom is 0.417 e. The Labute approximate surface area is 202 Å². The van der Waals surface area contributed by atoms with Gasteiger partial charge >= 0.3 is 12.2 Å². The van der Waals surface area contributed by atoms with Crippen LogP contribution in [0.15, 0.2) is 66.9 Å². The molecule has 0 unspecified atom stereocenters. The molecule has 0 saturated heterocycles. The van der Waals surface area contributed by atoms with Crippen molar-refractivity contribution in [1.82, 2.24) is 15.3 Å². The highest BCUT2D eigenvalue weighted by atomic mass is 35.5. The largest absolute Gasteiger partial charge is 0.417 e. The van der Waals surface area contributed by atoms with Crippen molar-refractivity contribution in [3.63, 3.8) is 0 Å². The molecule has 3 N–H and O–H groups in total. The summed E-state index contributed by atoms with van der Waals surface area (Å²) in [6.45, 7) is 0. The van der Waals surface area contributed by atoms with Gasteiger partial charge in [-0.3, -0.25) is 9.78 Å². The lowest BCUT2D eigenvalue weighted by Crippen LogP contribution is -2.20. The van der Waals surface area contributed by atoms with E-state index in [0.29, 0.717) is 33.5 Å². The lowest BCUT2D eigenvalue weighted by molar-refractivity contribution is -0.137. The molecule has 0 bridgehead atoms. The number of nitrogens with zero attached hydrogens (tertiary/aromatic N) is 2. The maximum absolute atomic E-state index is 13.0. The molecule has 0 atom stereocenters. The summed E-state index contributed by atoms with van der Waals surface area (Å²) in [6.07, 6.45) is -3.07. The average Bonchev–Trinajstić information content (AvgIpc) is 2.83. The van der Waals surface area contributed by atoms with Crippen molar-refractivity contribution in [2.45, 2.75) is 6.18 Å². The summed E-state index contributed by atoms with van der Waals surface area (Å²) in [5.41, 5.74) is 1.89.